The Bertz CT molecular complexity index is 589. The van der Waals surface area contributed by atoms with Crippen LogP contribution < -0.4 is 0 Å². The van der Waals surface area contributed by atoms with Gasteiger partial charge in [-0.25, -0.2) is 4.79 Å². The molecule has 0 bridgehead atoms. The third-order valence-corrected chi connectivity index (χ3v) is 2.37. The van der Waals surface area contributed by atoms with Crippen LogP contribution in [0.5, 0.6) is 0 Å². The van der Waals surface area contributed by atoms with Gasteiger partial charge in [-0.15, -0.1) is 0 Å². The lowest BCUT2D eigenvalue weighted by Crippen LogP contribution is -2.06. The average molecular weight is 258 g/mol. The summed E-state index contributed by atoms with van der Waals surface area (Å²) in [6.45, 7) is 1.75. The SMILES string of the molecule is CCOC(=O)c1[nH]nc2c(C(F)(F)F)cccc12. The molecule has 0 saturated heterocycles. The van der Waals surface area contributed by atoms with Gasteiger partial charge in [-0.2, -0.15) is 18.3 Å². The summed E-state index contributed by atoms with van der Waals surface area (Å²) in [5, 5.41) is 5.93. The number of hydrogen-bond acceptors (Lipinski definition) is 3. The number of ether oxygens (including phenoxy) is 1. The van der Waals surface area contributed by atoms with E-state index in [9.17, 15) is 18.0 Å². The third kappa shape index (κ3) is 2.03. The molecule has 0 spiro atoms. The van der Waals surface area contributed by atoms with Crippen LogP contribution in [0, 0.1) is 0 Å². The van der Waals surface area contributed by atoms with Crippen molar-refractivity contribution in [2.24, 2.45) is 0 Å². The van der Waals surface area contributed by atoms with Gasteiger partial charge in [-0.1, -0.05) is 12.1 Å². The van der Waals surface area contributed by atoms with Crippen molar-refractivity contribution < 1.29 is 22.7 Å². The summed E-state index contributed by atoms with van der Waals surface area (Å²) in [4.78, 5) is 11.5. The molecule has 0 saturated carbocycles. The van der Waals surface area contributed by atoms with E-state index < -0.39 is 17.7 Å². The van der Waals surface area contributed by atoms with Crippen molar-refractivity contribution in [1.82, 2.24) is 10.2 Å². The molecule has 1 aromatic carbocycles. The number of carbonyl (C=O) groups is 1. The molecular formula is C11H9F3N2O2. The highest BCUT2D eigenvalue weighted by molar-refractivity contribution is 6.02. The Morgan fingerprint density at radius 2 is 2.17 bits per heavy atom. The molecule has 0 aliphatic carbocycles. The summed E-state index contributed by atoms with van der Waals surface area (Å²) in [5.41, 5.74) is -1.24. The number of esters is 1. The highest BCUT2D eigenvalue weighted by Gasteiger charge is 2.34. The van der Waals surface area contributed by atoms with E-state index in [0.717, 1.165) is 6.07 Å². The number of hydrogen-bond donors (Lipinski definition) is 1. The van der Waals surface area contributed by atoms with Gasteiger partial charge in [-0.3, -0.25) is 5.10 Å². The molecule has 0 aliphatic rings. The summed E-state index contributed by atoms with van der Waals surface area (Å²) >= 11 is 0. The molecular weight excluding hydrogens is 249 g/mol. The van der Waals surface area contributed by atoms with Crippen molar-refractivity contribution in [2.75, 3.05) is 6.61 Å². The summed E-state index contributed by atoms with van der Waals surface area (Å²) in [6.07, 6.45) is -4.51. The summed E-state index contributed by atoms with van der Waals surface area (Å²) in [5.74, 6) is -0.723. The van der Waals surface area contributed by atoms with Gasteiger partial charge in [0.15, 0.2) is 5.69 Å². The van der Waals surface area contributed by atoms with Gasteiger partial charge in [0.2, 0.25) is 0 Å². The molecule has 1 aromatic heterocycles. The number of rotatable bonds is 2. The Balaban J connectivity index is 2.59. The first kappa shape index (κ1) is 12.4. The maximum atomic E-state index is 12.7. The van der Waals surface area contributed by atoms with Crippen molar-refractivity contribution in [2.45, 2.75) is 13.1 Å². The molecule has 1 heterocycles. The predicted molar refractivity (Wildman–Crippen MR) is 57.1 cm³/mol. The number of nitrogens with one attached hydrogen (secondary N) is 1. The average Bonchev–Trinajstić information content (AvgIpc) is 2.71. The van der Waals surface area contributed by atoms with Gasteiger partial charge in [0, 0.05) is 5.39 Å². The van der Waals surface area contributed by atoms with Crippen LogP contribution in [0.15, 0.2) is 18.2 Å². The monoisotopic (exact) mass is 258 g/mol. The summed E-state index contributed by atoms with van der Waals surface area (Å²) in [6, 6.07) is 3.53. The number of para-hydroxylation sites is 1. The number of aromatic amines is 1. The minimum absolute atomic E-state index is 0.0713. The second kappa shape index (κ2) is 4.32. The smallest absolute Gasteiger partial charge is 0.418 e. The zero-order chi connectivity index (χ0) is 13.3. The Morgan fingerprint density at radius 1 is 1.44 bits per heavy atom. The lowest BCUT2D eigenvalue weighted by molar-refractivity contribution is -0.136. The molecule has 0 amide bonds. The quantitative estimate of drug-likeness (QED) is 0.842. The van der Waals surface area contributed by atoms with E-state index in [1.807, 2.05) is 0 Å². The number of aromatic nitrogens is 2. The number of halogens is 3. The van der Waals surface area contributed by atoms with Gasteiger partial charge in [0.1, 0.15) is 5.52 Å². The van der Waals surface area contributed by atoms with Gasteiger partial charge >= 0.3 is 12.1 Å². The fourth-order valence-corrected chi connectivity index (χ4v) is 1.63. The van der Waals surface area contributed by atoms with Crippen LogP contribution in [0.2, 0.25) is 0 Å². The Kier molecular flexibility index (Phi) is 2.98. The van der Waals surface area contributed by atoms with Crippen LogP contribution in [0.3, 0.4) is 0 Å². The third-order valence-electron chi connectivity index (χ3n) is 2.37. The molecule has 96 valence electrons. The fraction of sp³-hybridized carbons (Fsp3) is 0.273. The number of carbonyl (C=O) groups excluding carboxylic acids is 1. The van der Waals surface area contributed by atoms with E-state index in [-0.39, 0.29) is 23.2 Å². The minimum atomic E-state index is -4.51. The Labute approximate surface area is 99.7 Å². The second-order valence-electron chi connectivity index (χ2n) is 3.52. The maximum absolute atomic E-state index is 12.7. The van der Waals surface area contributed by atoms with Crippen LogP contribution in [0.4, 0.5) is 13.2 Å². The lowest BCUT2D eigenvalue weighted by atomic mass is 10.1. The molecule has 0 radical (unpaired) electrons. The molecule has 18 heavy (non-hydrogen) atoms. The van der Waals surface area contributed by atoms with Crippen LogP contribution in [-0.4, -0.2) is 22.8 Å². The van der Waals surface area contributed by atoms with Gasteiger partial charge in [-0.05, 0) is 13.0 Å². The molecule has 0 atom stereocenters. The van der Waals surface area contributed by atoms with Crippen LogP contribution >= 0.6 is 0 Å². The van der Waals surface area contributed by atoms with Crippen molar-refractivity contribution in [3.05, 3.63) is 29.5 Å². The van der Waals surface area contributed by atoms with E-state index in [2.05, 4.69) is 10.2 Å². The van der Waals surface area contributed by atoms with E-state index in [0.29, 0.717) is 0 Å². The first-order valence-electron chi connectivity index (χ1n) is 5.16. The molecule has 1 N–H and O–H groups in total. The second-order valence-corrected chi connectivity index (χ2v) is 3.52. The molecule has 0 aliphatic heterocycles. The molecule has 4 nitrogen and oxygen atoms in total. The van der Waals surface area contributed by atoms with E-state index >= 15 is 0 Å². The van der Waals surface area contributed by atoms with Crippen molar-refractivity contribution in [3.63, 3.8) is 0 Å². The molecule has 7 heteroatoms. The predicted octanol–water partition coefficient (Wildman–Crippen LogP) is 2.76. The van der Waals surface area contributed by atoms with Crippen LogP contribution in [-0.2, 0) is 10.9 Å². The maximum Gasteiger partial charge on any atom is 0.418 e. The van der Waals surface area contributed by atoms with E-state index in [4.69, 9.17) is 4.74 Å². The standard InChI is InChI=1S/C11H9F3N2O2/c1-2-18-10(17)9-6-4-3-5-7(11(12,13)14)8(6)15-16-9/h3-5H,2H2,1H3,(H,15,16). The first-order valence-corrected chi connectivity index (χ1v) is 5.16. The first-order chi connectivity index (χ1) is 8.45. The molecule has 2 rings (SSSR count). The Hall–Kier alpha value is -2.05. The highest BCUT2D eigenvalue weighted by atomic mass is 19.4. The van der Waals surface area contributed by atoms with E-state index in [1.165, 1.54) is 12.1 Å². The number of benzene rings is 1. The fourth-order valence-electron chi connectivity index (χ4n) is 1.63. The van der Waals surface area contributed by atoms with E-state index in [1.54, 1.807) is 6.92 Å². The minimum Gasteiger partial charge on any atom is -0.461 e. The summed E-state index contributed by atoms with van der Waals surface area (Å²) < 4.78 is 42.8. The molecule has 2 aromatic rings. The number of alkyl halides is 3. The number of H-pyrrole nitrogens is 1. The van der Waals surface area contributed by atoms with Crippen LogP contribution in [0.25, 0.3) is 10.9 Å². The Morgan fingerprint density at radius 3 is 2.78 bits per heavy atom. The highest BCUT2D eigenvalue weighted by Crippen LogP contribution is 2.34. The van der Waals surface area contributed by atoms with Crippen molar-refractivity contribution in [1.29, 1.82) is 0 Å². The number of fused-ring (bicyclic) bond motifs is 1. The molecule has 0 fully saturated rings. The van der Waals surface area contributed by atoms with Crippen molar-refractivity contribution in [3.8, 4) is 0 Å². The number of nitrogens with zero attached hydrogens (tertiary/aromatic N) is 1. The van der Waals surface area contributed by atoms with Crippen LogP contribution in [0.1, 0.15) is 23.0 Å². The van der Waals surface area contributed by atoms with Gasteiger partial charge < -0.3 is 4.74 Å². The van der Waals surface area contributed by atoms with Crippen molar-refractivity contribution >= 4 is 16.9 Å². The molecule has 0 unspecified atom stereocenters. The normalized spacial score (nSPS) is 11.8. The zero-order valence-electron chi connectivity index (χ0n) is 9.34. The summed E-state index contributed by atoms with van der Waals surface area (Å²) in [7, 11) is 0. The largest absolute Gasteiger partial charge is 0.461 e. The topological polar surface area (TPSA) is 55.0 Å². The van der Waals surface area contributed by atoms with Gasteiger partial charge in [0.05, 0.1) is 12.2 Å². The van der Waals surface area contributed by atoms with Gasteiger partial charge in [0.25, 0.3) is 0 Å². The zero-order valence-corrected chi connectivity index (χ0v) is 9.34. The lowest BCUT2D eigenvalue weighted by Gasteiger charge is -2.06.